The zero-order valence-electron chi connectivity index (χ0n) is 11.6. The van der Waals surface area contributed by atoms with Crippen LogP contribution < -0.4 is 15.2 Å². The van der Waals surface area contributed by atoms with Gasteiger partial charge in [-0.15, -0.1) is 0 Å². The number of para-hydroxylation sites is 1. The summed E-state index contributed by atoms with van der Waals surface area (Å²) >= 11 is 3.52. The molecule has 4 heteroatoms. The molecule has 0 heterocycles. The first-order valence-electron chi connectivity index (χ1n) is 6.41. The highest BCUT2D eigenvalue weighted by atomic mass is 79.9. The third kappa shape index (κ3) is 3.52. The summed E-state index contributed by atoms with van der Waals surface area (Å²) in [5.74, 6) is 1.63. The van der Waals surface area contributed by atoms with Gasteiger partial charge in [0, 0.05) is 21.6 Å². The van der Waals surface area contributed by atoms with Gasteiger partial charge in [0.15, 0.2) is 0 Å². The molecule has 20 heavy (non-hydrogen) atoms. The topological polar surface area (TPSA) is 44.5 Å². The van der Waals surface area contributed by atoms with Crippen LogP contribution in [0.4, 0.5) is 0 Å². The largest absolute Gasteiger partial charge is 0.497 e. The Morgan fingerprint density at radius 3 is 2.65 bits per heavy atom. The van der Waals surface area contributed by atoms with Crippen molar-refractivity contribution in [1.82, 2.24) is 0 Å². The first kappa shape index (κ1) is 14.9. The second-order valence-electron chi connectivity index (χ2n) is 4.57. The molecule has 0 aromatic heterocycles. The summed E-state index contributed by atoms with van der Waals surface area (Å²) in [6.07, 6.45) is 0. The second-order valence-corrected chi connectivity index (χ2v) is 5.43. The van der Waals surface area contributed by atoms with Crippen molar-refractivity contribution in [3.8, 4) is 11.5 Å². The average Bonchev–Trinajstić information content (AvgIpc) is 2.46. The van der Waals surface area contributed by atoms with Gasteiger partial charge in [0.25, 0.3) is 0 Å². The predicted molar refractivity (Wildman–Crippen MR) is 84.1 cm³/mol. The van der Waals surface area contributed by atoms with Crippen molar-refractivity contribution in [2.24, 2.45) is 5.73 Å². The summed E-state index contributed by atoms with van der Waals surface area (Å²) in [7, 11) is 1.65. The van der Waals surface area contributed by atoms with Crippen LogP contribution in [0, 0.1) is 0 Å². The molecule has 2 rings (SSSR count). The molecule has 0 fully saturated rings. The van der Waals surface area contributed by atoms with E-state index in [1.165, 1.54) is 0 Å². The number of methoxy groups -OCH3 is 1. The molecular weight excluding hydrogens is 318 g/mol. The van der Waals surface area contributed by atoms with Crippen LogP contribution in [-0.2, 0) is 6.61 Å². The maximum absolute atomic E-state index is 5.95. The Morgan fingerprint density at radius 2 is 1.95 bits per heavy atom. The van der Waals surface area contributed by atoms with Crippen LogP contribution in [0.3, 0.4) is 0 Å². The first-order valence-corrected chi connectivity index (χ1v) is 7.21. The van der Waals surface area contributed by atoms with Gasteiger partial charge in [-0.2, -0.15) is 0 Å². The van der Waals surface area contributed by atoms with Gasteiger partial charge in [-0.3, -0.25) is 0 Å². The van der Waals surface area contributed by atoms with E-state index < -0.39 is 0 Å². The van der Waals surface area contributed by atoms with E-state index in [-0.39, 0.29) is 6.04 Å². The number of halogens is 1. The molecule has 0 radical (unpaired) electrons. The molecule has 2 N–H and O–H groups in total. The number of hydrogen-bond acceptors (Lipinski definition) is 3. The van der Waals surface area contributed by atoms with Crippen molar-refractivity contribution in [1.29, 1.82) is 0 Å². The Bertz CT molecular complexity index is 584. The summed E-state index contributed by atoms with van der Waals surface area (Å²) in [6.45, 7) is 2.41. The van der Waals surface area contributed by atoms with Gasteiger partial charge >= 0.3 is 0 Å². The Morgan fingerprint density at radius 1 is 1.20 bits per heavy atom. The number of benzene rings is 2. The smallest absolute Gasteiger partial charge is 0.124 e. The fourth-order valence-electron chi connectivity index (χ4n) is 1.93. The normalized spacial score (nSPS) is 12.0. The summed E-state index contributed by atoms with van der Waals surface area (Å²) < 4.78 is 12.1. The lowest BCUT2D eigenvalue weighted by Gasteiger charge is -2.14. The minimum absolute atomic E-state index is 0.0556. The SMILES string of the molecule is COc1ccc(Br)c(COc2ccccc2C(C)N)c1. The van der Waals surface area contributed by atoms with Crippen molar-refractivity contribution in [2.45, 2.75) is 19.6 Å². The van der Waals surface area contributed by atoms with Crippen molar-refractivity contribution in [3.05, 3.63) is 58.1 Å². The molecule has 0 spiro atoms. The van der Waals surface area contributed by atoms with Gasteiger partial charge < -0.3 is 15.2 Å². The third-order valence-corrected chi connectivity index (χ3v) is 3.82. The number of nitrogens with two attached hydrogens (primary N) is 1. The molecule has 0 aliphatic heterocycles. The third-order valence-electron chi connectivity index (χ3n) is 3.05. The van der Waals surface area contributed by atoms with E-state index in [2.05, 4.69) is 15.9 Å². The quantitative estimate of drug-likeness (QED) is 0.896. The molecule has 2 aromatic rings. The lowest BCUT2D eigenvalue weighted by molar-refractivity contribution is 0.300. The Kier molecular flexibility index (Phi) is 5.04. The standard InChI is InChI=1S/C16H18BrNO2/c1-11(18)14-5-3-4-6-16(14)20-10-12-9-13(19-2)7-8-15(12)17/h3-9,11H,10,18H2,1-2H3. The number of rotatable bonds is 5. The highest BCUT2D eigenvalue weighted by Gasteiger charge is 2.09. The van der Waals surface area contributed by atoms with Crippen molar-refractivity contribution >= 4 is 15.9 Å². The fraction of sp³-hybridized carbons (Fsp3) is 0.250. The van der Waals surface area contributed by atoms with Crippen LogP contribution in [0.15, 0.2) is 46.9 Å². The van der Waals surface area contributed by atoms with Gasteiger partial charge in [0.1, 0.15) is 18.1 Å². The molecular formula is C16H18BrNO2. The van der Waals surface area contributed by atoms with E-state index in [4.69, 9.17) is 15.2 Å². The Labute approximate surface area is 127 Å². The Hall–Kier alpha value is -1.52. The molecule has 1 atom stereocenters. The van der Waals surface area contributed by atoms with Gasteiger partial charge in [-0.25, -0.2) is 0 Å². The van der Waals surface area contributed by atoms with Crippen LogP contribution in [0.1, 0.15) is 24.1 Å². The highest BCUT2D eigenvalue weighted by molar-refractivity contribution is 9.10. The van der Waals surface area contributed by atoms with E-state index in [0.717, 1.165) is 27.1 Å². The average molecular weight is 336 g/mol. The minimum Gasteiger partial charge on any atom is -0.497 e. The van der Waals surface area contributed by atoms with Crippen LogP contribution in [0.25, 0.3) is 0 Å². The molecule has 0 aliphatic carbocycles. The lowest BCUT2D eigenvalue weighted by atomic mass is 10.1. The highest BCUT2D eigenvalue weighted by Crippen LogP contribution is 2.27. The van der Waals surface area contributed by atoms with Crippen LogP contribution in [0.2, 0.25) is 0 Å². The molecule has 106 valence electrons. The molecule has 3 nitrogen and oxygen atoms in total. The predicted octanol–water partition coefficient (Wildman–Crippen LogP) is 4.06. The van der Waals surface area contributed by atoms with Crippen molar-refractivity contribution < 1.29 is 9.47 Å². The van der Waals surface area contributed by atoms with E-state index in [0.29, 0.717) is 6.61 Å². The van der Waals surface area contributed by atoms with Crippen molar-refractivity contribution in [3.63, 3.8) is 0 Å². The zero-order valence-corrected chi connectivity index (χ0v) is 13.2. The summed E-state index contributed by atoms with van der Waals surface area (Å²) in [5.41, 5.74) is 7.99. The maximum atomic E-state index is 5.95. The first-order chi connectivity index (χ1) is 9.61. The number of ether oxygens (including phenoxy) is 2. The molecule has 0 amide bonds. The van der Waals surface area contributed by atoms with Crippen LogP contribution in [-0.4, -0.2) is 7.11 Å². The minimum atomic E-state index is -0.0556. The van der Waals surface area contributed by atoms with Gasteiger partial charge in [-0.05, 0) is 31.2 Å². The molecule has 0 bridgehead atoms. The van der Waals surface area contributed by atoms with Gasteiger partial charge in [-0.1, -0.05) is 34.1 Å². The molecule has 0 aliphatic rings. The van der Waals surface area contributed by atoms with Crippen LogP contribution >= 0.6 is 15.9 Å². The summed E-state index contributed by atoms with van der Waals surface area (Å²) in [5, 5.41) is 0. The summed E-state index contributed by atoms with van der Waals surface area (Å²) in [6, 6.07) is 13.6. The van der Waals surface area contributed by atoms with Crippen LogP contribution in [0.5, 0.6) is 11.5 Å². The van der Waals surface area contributed by atoms with E-state index in [1.807, 2.05) is 49.4 Å². The molecule has 0 saturated carbocycles. The van der Waals surface area contributed by atoms with Crippen molar-refractivity contribution in [2.75, 3.05) is 7.11 Å². The molecule has 2 aromatic carbocycles. The van der Waals surface area contributed by atoms with Gasteiger partial charge in [0.2, 0.25) is 0 Å². The van der Waals surface area contributed by atoms with Gasteiger partial charge in [0.05, 0.1) is 7.11 Å². The molecule has 1 unspecified atom stereocenters. The number of hydrogen-bond donors (Lipinski definition) is 1. The monoisotopic (exact) mass is 335 g/mol. The van der Waals surface area contributed by atoms with E-state index >= 15 is 0 Å². The Balaban J connectivity index is 2.17. The summed E-state index contributed by atoms with van der Waals surface area (Å²) in [4.78, 5) is 0. The molecule has 0 saturated heterocycles. The van der Waals surface area contributed by atoms with E-state index in [9.17, 15) is 0 Å². The zero-order chi connectivity index (χ0) is 14.5. The second kappa shape index (κ2) is 6.77. The van der Waals surface area contributed by atoms with E-state index in [1.54, 1.807) is 7.11 Å². The fourth-order valence-corrected chi connectivity index (χ4v) is 2.29. The lowest BCUT2D eigenvalue weighted by Crippen LogP contribution is -2.08. The maximum Gasteiger partial charge on any atom is 0.124 e.